The Kier molecular flexibility index (Phi) is 17.7. The summed E-state index contributed by atoms with van der Waals surface area (Å²) in [7, 11) is 0. The highest BCUT2D eigenvalue weighted by Gasteiger charge is 1.97. The summed E-state index contributed by atoms with van der Waals surface area (Å²) in [6.07, 6.45) is 24.4. The third kappa shape index (κ3) is 19.1. The SMILES string of the molecule is C#CCCCCCCCCCCCCCC(=C)NCCCC(C)N. The molecule has 1 atom stereocenters. The lowest BCUT2D eigenvalue weighted by atomic mass is 10.0. The van der Waals surface area contributed by atoms with Gasteiger partial charge in [0.2, 0.25) is 0 Å². The van der Waals surface area contributed by atoms with E-state index in [1.165, 1.54) is 76.3 Å². The van der Waals surface area contributed by atoms with E-state index in [-0.39, 0.29) is 0 Å². The monoisotopic (exact) mass is 334 g/mol. The molecule has 0 saturated carbocycles. The van der Waals surface area contributed by atoms with Crippen molar-refractivity contribution in [2.45, 2.75) is 109 Å². The number of rotatable bonds is 18. The second kappa shape index (κ2) is 18.4. The van der Waals surface area contributed by atoms with Crippen molar-refractivity contribution in [2.24, 2.45) is 5.73 Å². The van der Waals surface area contributed by atoms with E-state index in [9.17, 15) is 0 Å². The average molecular weight is 335 g/mol. The van der Waals surface area contributed by atoms with Crippen molar-refractivity contribution in [3.8, 4) is 12.3 Å². The molecular weight excluding hydrogens is 292 g/mol. The molecule has 2 nitrogen and oxygen atoms in total. The molecule has 0 rings (SSSR count). The minimum Gasteiger partial charge on any atom is -0.389 e. The van der Waals surface area contributed by atoms with Crippen molar-refractivity contribution in [3.63, 3.8) is 0 Å². The predicted molar refractivity (Wildman–Crippen MR) is 109 cm³/mol. The van der Waals surface area contributed by atoms with Crippen molar-refractivity contribution >= 4 is 0 Å². The molecule has 3 N–H and O–H groups in total. The normalized spacial score (nSPS) is 11.9. The van der Waals surface area contributed by atoms with E-state index in [1.807, 2.05) is 0 Å². The summed E-state index contributed by atoms with van der Waals surface area (Å²) < 4.78 is 0. The molecular formula is C22H42N2. The maximum Gasteiger partial charge on any atom is 0.0144 e. The van der Waals surface area contributed by atoms with E-state index in [0.717, 1.165) is 32.2 Å². The van der Waals surface area contributed by atoms with Gasteiger partial charge in [-0.25, -0.2) is 0 Å². The van der Waals surface area contributed by atoms with Gasteiger partial charge in [-0.1, -0.05) is 64.4 Å². The molecule has 0 aliphatic heterocycles. The third-order valence-corrected chi connectivity index (χ3v) is 4.51. The predicted octanol–water partition coefficient (Wildman–Crippen LogP) is 5.92. The molecule has 0 amide bonds. The fourth-order valence-electron chi connectivity index (χ4n) is 2.93. The molecule has 0 spiro atoms. The van der Waals surface area contributed by atoms with Crippen LogP contribution in [0.25, 0.3) is 0 Å². The lowest BCUT2D eigenvalue weighted by Gasteiger charge is -2.10. The number of hydrogen-bond donors (Lipinski definition) is 2. The van der Waals surface area contributed by atoms with Crippen molar-refractivity contribution in [3.05, 3.63) is 12.3 Å². The maximum absolute atomic E-state index is 5.74. The molecule has 0 heterocycles. The fraction of sp³-hybridized carbons (Fsp3) is 0.818. The van der Waals surface area contributed by atoms with E-state index in [2.05, 4.69) is 24.7 Å². The number of terminal acetylenes is 1. The number of nitrogens with two attached hydrogens (primary N) is 1. The lowest BCUT2D eigenvalue weighted by molar-refractivity contribution is 0.542. The van der Waals surface area contributed by atoms with Crippen molar-refractivity contribution in [1.82, 2.24) is 5.32 Å². The molecule has 1 unspecified atom stereocenters. The molecule has 0 aromatic heterocycles. The topological polar surface area (TPSA) is 38.0 Å². The van der Waals surface area contributed by atoms with Gasteiger partial charge in [-0.15, -0.1) is 12.3 Å². The number of unbranched alkanes of at least 4 members (excludes halogenated alkanes) is 11. The summed E-state index contributed by atoms with van der Waals surface area (Å²) in [5.41, 5.74) is 6.94. The van der Waals surface area contributed by atoms with Crippen molar-refractivity contribution < 1.29 is 0 Å². The van der Waals surface area contributed by atoms with Gasteiger partial charge in [-0.05, 0) is 39.0 Å². The highest BCUT2D eigenvalue weighted by atomic mass is 14.9. The summed E-state index contributed by atoms with van der Waals surface area (Å²) in [6.45, 7) is 7.19. The van der Waals surface area contributed by atoms with Gasteiger partial charge in [-0.2, -0.15) is 0 Å². The average Bonchev–Trinajstić information content (AvgIpc) is 2.55. The Morgan fingerprint density at radius 3 is 1.92 bits per heavy atom. The van der Waals surface area contributed by atoms with Crippen LogP contribution in [0.2, 0.25) is 0 Å². The Morgan fingerprint density at radius 1 is 0.917 bits per heavy atom. The Labute approximate surface area is 152 Å². The van der Waals surface area contributed by atoms with E-state index < -0.39 is 0 Å². The van der Waals surface area contributed by atoms with Gasteiger partial charge < -0.3 is 11.1 Å². The summed E-state index contributed by atoms with van der Waals surface area (Å²) in [5.74, 6) is 2.71. The molecule has 0 aromatic carbocycles. The zero-order valence-electron chi connectivity index (χ0n) is 16.3. The Bertz CT molecular complexity index is 314. The molecule has 0 fully saturated rings. The van der Waals surface area contributed by atoms with Crippen LogP contribution < -0.4 is 11.1 Å². The summed E-state index contributed by atoms with van der Waals surface area (Å²) in [4.78, 5) is 0. The Balaban J connectivity index is 3.14. The number of nitrogens with one attached hydrogen (secondary N) is 1. The molecule has 0 aromatic rings. The quantitative estimate of drug-likeness (QED) is 0.241. The van der Waals surface area contributed by atoms with Crippen molar-refractivity contribution in [2.75, 3.05) is 6.54 Å². The molecule has 140 valence electrons. The fourth-order valence-corrected chi connectivity index (χ4v) is 2.93. The minimum absolute atomic E-state index is 0.313. The van der Waals surface area contributed by atoms with Gasteiger partial charge in [0.05, 0.1) is 0 Å². The molecule has 0 bridgehead atoms. The van der Waals surface area contributed by atoms with Crippen LogP contribution in [0.4, 0.5) is 0 Å². The second-order valence-electron chi connectivity index (χ2n) is 7.24. The summed E-state index contributed by atoms with van der Waals surface area (Å²) in [5, 5.41) is 3.42. The van der Waals surface area contributed by atoms with Gasteiger partial charge in [0.1, 0.15) is 0 Å². The maximum atomic E-state index is 5.74. The first-order chi connectivity index (χ1) is 11.7. The molecule has 0 aliphatic carbocycles. The van der Waals surface area contributed by atoms with Crippen LogP contribution in [-0.2, 0) is 0 Å². The van der Waals surface area contributed by atoms with Crippen LogP contribution in [-0.4, -0.2) is 12.6 Å². The molecule has 0 aliphatic rings. The first kappa shape index (κ1) is 23.1. The smallest absolute Gasteiger partial charge is 0.0144 e. The Morgan fingerprint density at radius 2 is 1.42 bits per heavy atom. The van der Waals surface area contributed by atoms with E-state index in [1.54, 1.807) is 0 Å². The van der Waals surface area contributed by atoms with E-state index in [0.29, 0.717) is 6.04 Å². The zero-order chi connectivity index (χ0) is 17.9. The summed E-state index contributed by atoms with van der Waals surface area (Å²) in [6, 6.07) is 0.313. The van der Waals surface area contributed by atoms with Crippen LogP contribution >= 0.6 is 0 Å². The van der Waals surface area contributed by atoms with Gasteiger partial charge >= 0.3 is 0 Å². The lowest BCUT2D eigenvalue weighted by Crippen LogP contribution is -2.19. The van der Waals surface area contributed by atoms with Gasteiger partial charge in [-0.3, -0.25) is 0 Å². The van der Waals surface area contributed by atoms with Gasteiger partial charge in [0, 0.05) is 24.7 Å². The largest absolute Gasteiger partial charge is 0.389 e. The summed E-state index contributed by atoms with van der Waals surface area (Å²) >= 11 is 0. The van der Waals surface area contributed by atoms with Crippen LogP contribution in [0.3, 0.4) is 0 Å². The standard InChI is InChI=1S/C22H42N2/c1-4-5-6-7-8-9-10-11-12-13-14-15-16-19-22(3)24-20-17-18-21(2)23/h1,21,24H,3,5-20,23H2,2H3. The van der Waals surface area contributed by atoms with Crippen LogP contribution in [0, 0.1) is 12.3 Å². The minimum atomic E-state index is 0.313. The zero-order valence-corrected chi connectivity index (χ0v) is 16.3. The first-order valence-electron chi connectivity index (χ1n) is 10.3. The Hall–Kier alpha value is -0.940. The highest BCUT2D eigenvalue weighted by molar-refractivity contribution is 4.90. The van der Waals surface area contributed by atoms with Crippen LogP contribution in [0.5, 0.6) is 0 Å². The van der Waals surface area contributed by atoms with Crippen LogP contribution in [0.15, 0.2) is 12.3 Å². The number of hydrogen-bond acceptors (Lipinski definition) is 2. The first-order valence-corrected chi connectivity index (χ1v) is 10.3. The highest BCUT2D eigenvalue weighted by Crippen LogP contribution is 2.13. The second-order valence-corrected chi connectivity index (χ2v) is 7.24. The molecule has 2 heteroatoms. The van der Waals surface area contributed by atoms with Crippen LogP contribution in [0.1, 0.15) is 103 Å². The number of allylic oxidation sites excluding steroid dienone is 1. The van der Waals surface area contributed by atoms with Gasteiger partial charge in [0.15, 0.2) is 0 Å². The van der Waals surface area contributed by atoms with E-state index >= 15 is 0 Å². The van der Waals surface area contributed by atoms with E-state index in [4.69, 9.17) is 12.2 Å². The van der Waals surface area contributed by atoms with Crippen molar-refractivity contribution in [1.29, 1.82) is 0 Å². The molecule has 0 radical (unpaired) electrons. The molecule has 24 heavy (non-hydrogen) atoms. The third-order valence-electron chi connectivity index (χ3n) is 4.51. The molecule has 0 saturated heterocycles. The van der Waals surface area contributed by atoms with Gasteiger partial charge in [0.25, 0.3) is 0 Å².